The van der Waals surface area contributed by atoms with Gasteiger partial charge in [-0.1, -0.05) is 68.6 Å². The Labute approximate surface area is 261 Å². The minimum Gasteiger partial charge on any atom is -0.427 e. The van der Waals surface area contributed by atoms with E-state index in [1.54, 1.807) is 93.6 Å². The van der Waals surface area contributed by atoms with Gasteiger partial charge in [0.15, 0.2) is 0 Å². The van der Waals surface area contributed by atoms with E-state index in [-0.39, 0.29) is 6.42 Å². The SMILES string of the molecule is C=C(C)C(=O)Oc1ccc(-c2ccc(OC(=O)CC(C)C(=O)Oc3ccc(-c4ccc(OC(=O)C(=C)C)cc4)cc3)cc2)cc1. The lowest BCUT2D eigenvalue weighted by molar-refractivity contribution is -0.144. The van der Waals surface area contributed by atoms with Crippen LogP contribution in [0.3, 0.4) is 0 Å². The predicted octanol–water partition coefficient (Wildman–Crippen LogP) is 7.52. The molecule has 0 N–H and O–H groups in total. The van der Waals surface area contributed by atoms with Gasteiger partial charge in [-0.05, 0) is 84.6 Å². The first-order valence-corrected chi connectivity index (χ1v) is 14.1. The summed E-state index contributed by atoms with van der Waals surface area (Å²) in [5, 5.41) is 0. The van der Waals surface area contributed by atoms with Crippen LogP contribution in [0.15, 0.2) is 121 Å². The van der Waals surface area contributed by atoms with Gasteiger partial charge < -0.3 is 18.9 Å². The average Bonchev–Trinajstić information content (AvgIpc) is 3.02. The molecular formula is C37H32O8. The molecule has 4 aromatic rings. The summed E-state index contributed by atoms with van der Waals surface area (Å²) in [6.07, 6.45) is -0.161. The summed E-state index contributed by atoms with van der Waals surface area (Å²) >= 11 is 0. The summed E-state index contributed by atoms with van der Waals surface area (Å²) < 4.78 is 21.3. The van der Waals surface area contributed by atoms with Crippen LogP contribution >= 0.6 is 0 Å². The van der Waals surface area contributed by atoms with Crippen molar-refractivity contribution in [3.8, 4) is 45.3 Å². The molecule has 0 saturated heterocycles. The van der Waals surface area contributed by atoms with Crippen LogP contribution < -0.4 is 18.9 Å². The summed E-state index contributed by atoms with van der Waals surface area (Å²) in [7, 11) is 0. The zero-order valence-corrected chi connectivity index (χ0v) is 25.2. The van der Waals surface area contributed by atoms with E-state index in [0.717, 1.165) is 22.3 Å². The van der Waals surface area contributed by atoms with Crippen molar-refractivity contribution in [2.45, 2.75) is 27.2 Å². The fraction of sp³-hybridized carbons (Fsp3) is 0.135. The molecule has 0 amide bonds. The number of ether oxygens (including phenoxy) is 4. The van der Waals surface area contributed by atoms with Gasteiger partial charge in [-0.2, -0.15) is 0 Å². The molecule has 0 aliphatic rings. The van der Waals surface area contributed by atoms with Gasteiger partial charge in [0, 0.05) is 11.1 Å². The molecule has 0 aromatic heterocycles. The smallest absolute Gasteiger partial charge is 0.338 e. The number of hydrogen-bond donors (Lipinski definition) is 0. The number of rotatable bonds is 11. The second-order valence-electron chi connectivity index (χ2n) is 10.4. The second-order valence-corrected chi connectivity index (χ2v) is 10.4. The fourth-order valence-electron chi connectivity index (χ4n) is 3.97. The van der Waals surface area contributed by atoms with Crippen molar-refractivity contribution < 1.29 is 38.1 Å². The summed E-state index contributed by atoms with van der Waals surface area (Å²) in [5.74, 6) is -1.33. The maximum atomic E-state index is 12.6. The Bertz CT molecular complexity index is 1720. The van der Waals surface area contributed by atoms with Crippen molar-refractivity contribution in [1.29, 1.82) is 0 Å². The third-order valence-corrected chi connectivity index (χ3v) is 6.53. The maximum absolute atomic E-state index is 12.6. The largest absolute Gasteiger partial charge is 0.427 e. The zero-order chi connectivity index (χ0) is 32.5. The van der Waals surface area contributed by atoms with Gasteiger partial charge in [-0.3, -0.25) is 9.59 Å². The van der Waals surface area contributed by atoms with Crippen LogP contribution in [0.25, 0.3) is 22.3 Å². The van der Waals surface area contributed by atoms with Crippen LogP contribution in [-0.2, 0) is 19.2 Å². The average molecular weight is 605 g/mol. The van der Waals surface area contributed by atoms with Gasteiger partial charge >= 0.3 is 23.9 Å². The molecule has 8 nitrogen and oxygen atoms in total. The molecule has 228 valence electrons. The van der Waals surface area contributed by atoms with Gasteiger partial charge in [0.05, 0.1) is 12.3 Å². The highest BCUT2D eigenvalue weighted by molar-refractivity contribution is 5.89. The van der Waals surface area contributed by atoms with Crippen LogP contribution in [0, 0.1) is 5.92 Å². The summed E-state index contributed by atoms with van der Waals surface area (Å²) in [5.41, 5.74) is 4.13. The molecular weight excluding hydrogens is 572 g/mol. The highest BCUT2D eigenvalue weighted by Gasteiger charge is 2.21. The van der Waals surface area contributed by atoms with Crippen molar-refractivity contribution in [3.05, 3.63) is 121 Å². The lowest BCUT2D eigenvalue weighted by Gasteiger charge is -2.12. The highest BCUT2D eigenvalue weighted by Crippen LogP contribution is 2.27. The molecule has 0 radical (unpaired) electrons. The molecule has 4 rings (SSSR count). The highest BCUT2D eigenvalue weighted by atomic mass is 16.5. The molecule has 8 heteroatoms. The first-order chi connectivity index (χ1) is 21.5. The van der Waals surface area contributed by atoms with E-state index in [2.05, 4.69) is 13.2 Å². The standard InChI is InChI=1S/C37H32O8/c1-23(2)35(39)43-31-16-8-27(9-17-31)26-6-14-30(15-7-26)42-34(38)22-25(5)37(41)45-33-20-12-29(13-21-33)28-10-18-32(19-11-28)44-36(40)24(3)4/h6-21,25H,1,3,22H2,2,4-5H3. The van der Waals surface area contributed by atoms with E-state index in [4.69, 9.17) is 18.9 Å². The molecule has 0 fully saturated rings. The second kappa shape index (κ2) is 14.6. The third kappa shape index (κ3) is 9.11. The molecule has 45 heavy (non-hydrogen) atoms. The van der Waals surface area contributed by atoms with E-state index < -0.39 is 29.8 Å². The topological polar surface area (TPSA) is 105 Å². The zero-order valence-electron chi connectivity index (χ0n) is 25.2. The molecule has 0 aliphatic carbocycles. The van der Waals surface area contributed by atoms with Crippen LogP contribution in [0.5, 0.6) is 23.0 Å². The number of benzene rings is 4. The Hall–Kier alpha value is -5.76. The van der Waals surface area contributed by atoms with E-state index in [1.165, 1.54) is 0 Å². The number of esters is 4. The molecule has 0 bridgehead atoms. The fourth-order valence-corrected chi connectivity index (χ4v) is 3.97. The predicted molar refractivity (Wildman–Crippen MR) is 170 cm³/mol. The van der Waals surface area contributed by atoms with E-state index in [9.17, 15) is 19.2 Å². The normalized spacial score (nSPS) is 11.1. The number of hydrogen-bond acceptors (Lipinski definition) is 8. The van der Waals surface area contributed by atoms with E-state index in [1.807, 2.05) is 24.3 Å². The lowest BCUT2D eigenvalue weighted by Crippen LogP contribution is -2.22. The minimum absolute atomic E-state index is 0.161. The van der Waals surface area contributed by atoms with Gasteiger partial charge in [0.1, 0.15) is 23.0 Å². The third-order valence-electron chi connectivity index (χ3n) is 6.53. The first kappa shape index (κ1) is 32.2. The minimum atomic E-state index is -0.733. The lowest BCUT2D eigenvalue weighted by atomic mass is 10.1. The Morgan fingerprint density at radius 1 is 0.511 bits per heavy atom. The Morgan fingerprint density at radius 2 is 0.800 bits per heavy atom. The van der Waals surface area contributed by atoms with Crippen molar-refractivity contribution in [2.24, 2.45) is 5.92 Å². The quantitative estimate of drug-likeness (QED) is 0.0983. The van der Waals surface area contributed by atoms with Gasteiger partial charge in [0.2, 0.25) is 0 Å². The first-order valence-electron chi connectivity index (χ1n) is 14.1. The molecule has 1 unspecified atom stereocenters. The number of carbonyl (C=O) groups is 4. The summed E-state index contributed by atoms with van der Waals surface area (Å²) in [4.78, 5) is 48.5. The summed E-state index contributed by atoms with van der Waals surface area (Å²) in [6, 6.07) is 27.8. The van der Waals surface area contributed by atoms with Crippen LogP contribution in [0.4, 0.5) is 0 Å². The molecule has 1 atom stereocenters. The van der Waals surface area contributed by atoms with Crippen molar-refractivity contribution in [3.63, 3.8) is 0 Å². The molecule has 0 saturated carbocycles. The van der Waals surface area contributed by atoms with Crippen molar-refractivity contribution in [1.82, 2.24) is 0 Å². The Morgan fingerprint density at radius 3 is 1.11 bits per heavy atom. The Balaban J connectivity index is 1.26. The van der Waals surface area contributed by atoms with Crippen molar-refractivity contribution >= 4 is 23.9 Å². The van der Waals surface area contributed by atoms with Crippen LogP contribution in [0.2, 0.25) is 0 Å². The number of carbonyl (C=O) groups excluding carboxylic acids is 4. The van der Waals surface area contributed by atoms with Crippen molar-refractivity contribution in [2.75, 3.05) is 0 Å². The molecule has 0 aliphatic heterocycles. The van der Waals surface area contributed by atoms with Gasteiger partial charge in [-0.15, -0.1) is 0 Å². The van der Waals surface area contributed by atoms with E-state index >= 15 is 0 Å². The van der Waals surface area contributed by atoms with Crippen LogP contribution in [0.1, 0.15) is 27.2 Å². The Kier molecular flexibility index (Phi) is 10.4. The molecule has 4 aromatic carbocycles. The summed E-state index contributed by atoms with van der Waals surface area (Å²) in [6.45, 7) is 11.9. The van der Waals surface area contributed by atoms with Crippen LogP contribution in [-0.4, -0.2) is 23.9 Å². The maximum Gasteiger partial charge on any atom is 0.338 e. The molecule has 0 spiro atoms. The van der Waals surface area contributed by atoms with E-state index in [0.29, 0.717) is 34.1 Å². The molecule has 0 heterocycles. The van der Waals surface area contributed by atoms with Gasteiger partial charge in [-0.25, -0.2) is 9.59 Å². The van der Waals surface area contributed by atoms with Gasteiger partial charge in [0.25, 0.3) is 0 Å². The monoisotopic (exact) mass is 604 g/mol.